The number of nitrogens with one attached hydrogen (secondary N) is 2. The number of amides is 2. The van der Waals surface area contributed by atoms with Crippen LogP contribution in [-0.4, -0.2) is 42.2 Å². The monoisotopic (exact) mass is 442 g/mol. The van der Waals surface area contributed by atoms with Gasteiger partial charge in [0.2, 0.25) is 17.6 Å². The summed E-state index contributed by atoms with van der Waals surface area (Å²) >= 11 is 5.99. The Kier molecular flexibility index (Phi) is 8.00. The summed E-state index contributed by atoms with van der Waals surface area (Å²) in [4.78, 5) is 28.4. The Morgan fingerprint density at radius 1 is 1.06 bits per heavy atom. The van der Waals surface area contributed by atoms with Crippen molar-refractivity contribution in [3.8, 4) is 17.1 Å². The smallest absolute Gasteiger partial charge is 0.252 e. The van der Waals surface area contributed by atoms with Gasteiger partial charge in [0.05, 0.1) is 17.7 Å². The van der Waals surface area contributed by atoms with E-state index in [0.29, 0.717) is 54.7 Å². The van der Waals surface area contributed by atoms with Gasteiger partial charge in [0.25, 0.3) is 5.91 Å². The molecule has 31 heavy (non-hydrogen) atoms. The maximum absolute atomic E-state index is 12.0. The highest BCUT2D eigenvalue weighted by Crippen LogP contribution is 2.20. The van der Waals surface area contributed by atoms with Gasteiger partial charge in [-0.3, -0.25) is 9.59 Å². The molecule has 0 unspecified atom stereocenters. The second-order valence-corrected chi connectivity index (χ2v) is 7.09. The number of rotatable bonds is 10. The molecule has 0 fully saturated rings. The van der Waals surface area contributed by atoms with Crippen LogP contribution in [0.1, 0.15) is 29.1 Å². The summed E-state index contributed by atoms with van der Waals surface area (Å²) in [6, 6.07) is 14.2. The molecule has 0 atom stereocenters. The third kappa shape index (κ3) is 6.55. The number of carbonyl (C=O) groups excluding carboxylic acids is 2. The van der Waals surface area contributed by atoms with E-state index < -0.39 is 0 Å². The van der Waals surface area contributed by atoms with E-state index in [1.165, 1.54) is 0 Å². The van der Waals surface area contributed by atoms with Crippen LogP contribution in [-0.2, 0) is 11.2 Å². The standard InChI is InChI=1S/C22H23ClN4O4/c1-30-16-11-9-15(10-12-16)21-26-20(31-27-21)8-4-7-19(28)24-13-14-25-22(29)17-5-2-3-6-18(17)23/h2-3,5-6,9-12H,4,7-8,13-14H2,1H3,(H,24,28)(H,25,29). The quantitative estimate of drug-likeness (QED) is 0.467. The highest BCUT2D eigenvalue weighted by molar-refractivity contribution is 6.33. The van der Waals surface area contributed by atoms with Crippen molar-refractivity contribution in [1.82, 2.24) is 20.8 Å². The number of ether oxygens (including phenoxy) is 1. The van der Waals surface area contributed by atoms with Crippen LogP contribution in [0, 0.1) is 0 Å². The lowest BCUT2D eigenvalue weighted by molar-refractivity contribution is -0.121. The van der Waals surface area contributed by atoms with E-state index in [1.54, 1.807) is 31.4 Å². The number of hydrogen-bond acceptors (Lipinski definition) is 6. The third-order valence-corrected chi connectivity index (χ3v) is 4.79. The second-order valence-electron chi connectivity index (χ2n) is 6.68. The molecule has 162 valence electrons. The van der Waals surface area contributed by atoms with Crippen molar-refractivity contribution in [3.05, 3.63) is 65.0 Å². The van der Waals surface area contributed by atoms with Crippen molar-refractivity contribution in [3.63, 3.8) is 0 Å². The van der Waals surface area contributed by atoms with Crippen LogP contribution in [0.4, 0.5) is 0 Å². The first-order chi connectivity index (χ1) is 15.1. The van der Waals surface area contributed by atoms with E-state index in [-0.39, 0.29) is 11.8 Å². The maximum atomic E-state index is 12.0. The summed E-state index contributed by atoms with van der Waals surface area (Å²) in [7, 11) is 1.61. The highest BCUT2D eigenvalue weighted by atomic mass is 35.5. The summed E-state index contributed by atoms with van der Waals surface area (Å²) < 4.78 is 10.4. The SMILES string of the molecule is COc1ccc(-c2noc(CCCC(=O)NCCNC(=O)c3ccccc3Cl)n2)cc1. The Bertz CT molecular complexity index is 1020. The number of aryl methyl sites for hydroxylation is 1. The average molecular weight is 443 g/mol. The molecule has 3 aromatic rings. The minimum atomic E-state index is -0.274. The molecule has 0 saturated heterocycles. The number of aromatic nitrogens is 2. The van der Waals surface area contributed by atoms with Crippen molar-refractivity contribution < 1.29 is 18.8 Å². The molecule has 3 rings (SSSR count). The molecular weight excluding hydrogens is 420 g/mol. The van der Waals surface area contributed by atoms with Crippen molar-refractivity contribution in [2.24, 2.45) is 0 Å². The molecular formula is C22H23ClN4O4. The predicted molar refractivity (Wildman–Crippen MR) is 116 cm³/mol. The van der Waals surface area contributed by atoms with Crippen LogP contribution >= 0.6 is 11.6 Å². The van der Waals surface area contributed by atoms with E-state index in [0.717, 1.165) is 11.3 Å². The fourth-order valence-electron chi connectivity index (χ4n) is 2.82. The van der Waals surface area contributed by atoms with Crippen molar-refractivity contribution in [1.29, 1.82) is 0 Å². The zero-order valence-electron chi connectivity index (χ0n) is 17.1. The fourth-order valence-corrected chi connectivity index (χ4v) is 3.04. The van der Waals surface area contributed by atoms with E-state index in [1.807, 2.05) is 24.3 Å². The second kappa shape index (κ2) is 11.1. The van der Waals surface area contributed by atoms with Crippen molar-refractivity contribution in [2.75, 3.05) is 20.2 Å². The minimum Gasteiger partial charge on any atom is -0.497 e. The first-order valence-corrected chi connectivity index (χ1v) is 10.2. The summed E-state index contributed by atoms with van der Waals surface area (Å²) in [6.45, 7) is 0.641. The molecule has 1 heterocycles. The van der Waals surface area contributed by atoms with Gasteiger partial charge >= 0.3 is 0 Å². The van der Waals surface area contributed by atoms with Crippen LogP contribution in [0.2, 0.25) is 5.02 Å². The van der Waals surface area contributed by atoms with Crippen LogP contribution in [0.25, 0.3) is 11.4 Å². The first-order valence-electron chi connectivity index (χ1n) is 9.83. The van der Waals surface area contributed by atoms with Gasteiger partial charge in [-0.05, 0) is 42.8 Å². The summed E-state index contributed by atoms with van der Waals surface area (Å²) in [5.74, 6) is 1.34. The number of methoxy groups -OCH3 is 1. The molecule has 2 N–H and O–H groups in total. The number of halogens is 1. The zero-order valence-corrected chi connectivity index (χ0v) is 17.8. The summed E-state index contributed by atoms with van der Waals surface area (Å²) in [6.07, 6.45) is 1.39. The van der Waals surface area contributed by atoms with Gasteiger partial charge in [-0.2, -0.15) is 4.98 Å². The van der Waals surface area contributed by atoms with Gasteiger partial charge < -0.3 is 19.9 Å². The van der Waals surface area contributed by atoms with E-state index >= 15 is 0 Å². The number of nitrogens with zero attached hydrogens (tertiary/aromatic N) is 2. The third-order valence-electron chi connectivity index (χ3n) is 4.46. The minimum absolute atomic E-state index is 0.109. The zero-order chi connectivity index (χ0) is 22.1. The number of benzene rings is 2. The molecule has 2 amide bonds. The van der Waals surface area contributed by atoms with Gasteiger partial charge in [0.1, 0.15) is 5.75 Å². The van der Waals surface area contributed by atoms with E-state index in [9.17, 15) is 9.59 Å². The van der Waals surface area contributed by atoms with Crippen LogP contribution in [0.5, 0.6) is 5.75 Å². The van der Waals surface area contributed by atoms with Gasteiger partial charge in [-0.15, -0.1) is 0 Å². The van der Waals surface area contributed by atoms with Crippen molar-refractivity contribution in [2.45, 2.75) is 19.3 Å². The Morgan fingerprint density at radius 3 is 2.55 bits per heavy atom. The van der Waals surface area contributed by atoms with Gasteiger partial charge in [0, 0.05) is 31.5 Å². The highest BCUT2D eigenvalue weighted by Gasteiger charge is 2.11. The molecule has 0 aliphatic carbocycles. The van der Waals surface area contributed by atoms with E-state index in [4.69, 9.17) is 20.9 Å². The molecule has 0 aliphatic heterocycles. The van der Waals surface area contributed by atoms with Crippen LogP contribution in [0.3, 0.4) is 0 Å². The van der Waals surface area contributed by atoms with Gasteiger partial charge in [-0.25, -0.2) is 0 Å². The Balaban J connectivity index is 1.33. The molecule has 0 spiro atoms. The van der Waals surface area contributed by atoms with Gasteiger partial charge in [0.15, 0.2) is 0 Å². The lowest BCUT2D eigenvalue weighted by Crippen LogP contribution is -2.34. The Labute approximate surface area is 184 Å². The first kappa shape index (κ1) is 22.3. The summed E-state index contributed by atoms with van der Waals surface area (Å²) in [5, 5.41) is 9.85. The van der Waals surface area contributed by atoms with Crippen molar-refractivity contribution >= 4 is 23.4 Å². The topological polar surface area (TPSA) is 106 Å². The van der Waals surface area contributed by atoms with Gasteiger partial charge in [-0.1, -0.05) is 28.9 Å². The normalized spacial score (nSPS) is 10.5. The molecule has 2 aromatic carbocycles. The molecule has 8 nitrogen and oxygen atoms in total. The molecule has 9 heteroatoms. The molecule has 0 bridgehead atoms. The van der Waals surface area contributed by atoms with E-state index in [2.05, 4.69) is 20.8 Å². The number of carbonyl (C=O) groups is 2. The predicted octanol–water partition coefficient (Wildman–Crippen LogP) is 3.27. The molecule has 0 radical (unpaired) electrons. The lowest BCUT2D eigenvalue weighted by Gasteiger charge is -2.08. The molecule has 0 saturated carbocycles. The largest absolute Gasteiger partial charge is 0.497 e. The lowest BCUT2D eigenvalue weighted by atomic mass is 10.2. The summed E-state index contributed by atoms with van der Waals surface area (Å²) in [5.41, 5.74) is 1.23. The van der Waals surface area contributed by atoms with Crippen LogP contribution < -0.4 is 15.4 Å². The molecule has 1 aromatic heterocycles. The van der Waals surface area contributed by atoms with Crippen LogP contribution in [0.15, 0.2) is 53.1 Å². The number of hydrogen-bond donors (Lipinski definition) is 2. The average Bonchev–Trinajstić information content (AvgIpc) is 3.26. The maximum Gasteiger partial charge on any atom is 0.252 e. The molecule has 0 aliphatic rings. The Hall–Kier alpha value is -3.39. The Morgan fingerprint density at radius 2 is 1.81 bits per heavy atom. The fraction of sp³-hybridized carbons (Fsp3) is 0.273.